The molecular weight excluding hydrogens is 210 g/mol. The van der Waals surface area contributed by atoms with Crippen LogP contribution in [0.4, 0.5) is 0 Å². The minimum atomic E-state index is 0.579. The van der Waals surface area contributed by atoms with Crippen molar-refractivity contribution in [3.05, 3.63) is 17.0 Å². The molecule has 1 aliphatic heterocycles. The van der Waals surface area contributed by atoms with E-state index in [1.807, 2.05) is 0 Å². The van der Waals surface area contributed by atoms with Crippen molar-refractivity contribution >= 4 is 0 Å². The van der Waals surface area contributed by atoms with Crippen LogP contribution in [-0.2, 0) is 0 Å². The molecule has 3 heteroatoms. The molecule has 0 N–H and O–H groups in total. The summed E-state index contributed by atoms with van der Waals surface area (Å²) in [4.78, 5) is 2.41. The molecule has 96 valence electrons. The molecule has 0 aliphatic carbocycles. The molecule has 0 amide bonds. The Labute approximate surface area is 105 Å². The van der Waals surface area contributed by atoms with Crippen molar-refractivity contribution in [3.8, 4) is 0 Å². The van der Waals surface area contributed by atoms with E-state index in [1.165, 1.54) is 42.9 Å². The van der Waals surface area contributed by atoms with Crippen molar-refractivity contribution in [2.45, 2.75) is 52.5 Å². The second-order valence-electron chi connectivity index (χ2n) is 5.72. The van der Waals surface area contributed by atoms with E-state index in [0.29, 0.717) is 12.0 Å². The van der Waals surface area contributed by atoms with Crippen LogP contribution in [0.2, 0.25) is 0 Å². The molecular formula is C14H25N3. The second kappa shape index (κ2) is 4.81. The van der Waals surface area contributed by atoms with Gasteiger partial charge >= 0.3 is 0 Å². The summed E-state index contributed by atoms with van der Waals surface area (Å²) in [6.45, 7) is 11.3. The summed E-state index contributed by atoms with van der Waals surface area (Å²) < 4.78 is 2.29. The van der Waals surface area contributed by atoms with Gasteiger partial charge in [-0.1, -0.05) is 13.8 Å². The van der Waals surface area contributed by atoms with Crippen molar-refractivity contribution in [1.82, 2.24) is 14.7 Å². The zero-order valence-corrected chi connectivity index (χ0v) is 11.8. The molecule has 17 heavy (non-hydrogen) atoms. The lowest BCUT2D eigenvalue weighted by atomic mass is 10.0. The average Bonchev–Trinajstić information content (AvgIpc) is 2.55. The number of nitrogens with zero attached hydrogens (tertiary/aromatic N) is 3. The summed E-state index contributed by atoms with van der Waals surface area (Å²) in [5, 5.41) is 4.78. The molecule has 0 aromatic carbocycles. The van der Waals surface area contributed by atoms with E-state index in [-0.39, 0.29) is 0 Å². The van der Waals surface area contributed by atoms with E-state index in [4.69, 9.17) is 5.10 Å². The van der Waals surface area contributed by atoms with Crippen molar-refractivity contribution in [3.63, 3.8) is 0 Å². The van der Waals surface area contributed by atoms with Crippen molar-refractivity contribution in [2.75, 3.05) is 20.1 Å². The molecule has 0 unspecified atom stereocenters. The zero-order chi connectivity index (χ0) is 12.6. The maximum absolute atomic E-state index is 4.78. The molecule has 2 rings (SSSR count). The Morgan fingerprint density at radius 1 is 1.18 bits per heavy atom. The zero-order valence-electron chi connectivity index (χ0n) is 11.8. The van der Waals surface area contributed by atoms with Crippen molar-refractivity contribution in [1.29, 1.82) is 0 Å². The predicted molar refractivity (Wildman–Crippen MR) is 71.6 cm³/mol. The van der Waals surface area contributed by atoms with Crippen LogP contribution in [0.5, 0.6) is 0 Å². The molecule has 3 nitrogen and oxygen atoms in total. The third-order valence-electron chi connectivity index (χ3n) is 3.99. The van der Waals surface area contributed by atoms with Crippen LogP contribution in [0.3, 0.4) is 0 Å². The van der Waals surface area contributed by atoms with E-state index in [1.54, 1.807) is 0 Å². The number of aromatic nitrogens is 2. The number of rotatable bonds is 2. The summed E-state index contributed by atoms with van der Waals surface area (Å²) in [5.41, 5.74) is 4.05. The van der Waals surface area contributed by atoms with Gasteiger partial charge in [-0.2, -0.15) is 5.10 Å². The van der Waals surface area contributed by atoms with Gasteiger partial charge in [0.1, 0.15) is 0 Å². The quantitative estimate of drug-likeness (QED) is 0.786. The molecule has 1 aromatic heterocycles. The van der Waals surface area contributed by atoms with Crippen LogP contribution < -0.4 is 0 Å². The minimum Gasteiger partial charge on any atom is -0.306 e. The van der Waals surface area contributed by atoms with E-state index in [9.17, 15) is 0 Å². The standard InChI is InChI=1S/C14H25N3/c1-10(2)14-11(3)15-17(12(14)4)13-6-8-16(5)9-7-13/h10,13H,6-9H2,1-5H3. The monoisotopic (exact) mass is 235 g/mol. The van der Waals surface area contributed by atoms with Gasteiger partial charge in [-0.15, -0.1) is 0 Å². The van der Waals surface area contributed by atoms with Crippen LogP contribution in [0, 0.1) is 13.8 Å². The van der Waals surface area contributed by atoms with Gasteiger partial charge in [-0.25, -0.2) is 0 Å². The SMILES string of the molecule is Cc1nn(C2CCN(C)CC2)c(C)c1C(C)C. The highest BCUT2D eigenvalue weighted by Gasteiger charge is 2.23. The first-order valence-corrected chi connectivity index (χ1v) is 6.74. The Balaban J connectivity index is 2.24. The Kier molecular flexibility index (Phi) is 3.57. The smallest absolute Gasteiger partial charge is 0.0631 e. The van der Waals surface area contributed by atoms with Gasteiger partial charge in [0.25, 0.3) is 0 Å². The third-order valence-corrected chi connectivity index (χ3v) is 3.99. The fourth-order valence-electron chi connectivity index (χ4n) is 3.11. The lowest BCUT2D eigenvalue weighted by molar-refractivity contribution is 0.210. The summed E-state index contributed by atoms with van der Waals surface area (Å²) in [6.07, 6.45) is 2.46. The predicted octanol–water partition coefficient (Wildman–Crippen LogP) is 2.89. The first-order valence-electron chi connectivity index (χ1n) is 6.74. The van der Waals surface area contributed by atoms with Gasteiger partial charge in [0.05, 0.1) is 11.7 Å². The third kappa shape index (κ3) is 2.39. The number of hydrogen-bond donors (Lipinski definition) is 0. The lowest BCUT2D eigenvalue weighted by Gasteiger charge is -2.30. The van der Waals surface area contributed by atoms with E-state index >= 15 is 0 Å². The number of likely N-dealkylation sites (tertiary alicyclic amines) is 1. The molecule has 0 spiro atoms. The molecule has 1 fully saturated rings. The molecule has 1 aromatic rings. The largest absolute Gasteiger partial charge is 0.306 e. The number of piperidine rings is 1. The molecule has 1 saturated heterocycles. The first-order chi connectivity index (χ1) is 8.00. The Hall–Kier alpha value is -0.830. The molecule has 0 radical (unpaired) electrons. The van der Waals surface area contributed by atoms with E-state index < -0.39 is 0 Å². The highest BCUT2D eigenvalue weighted by atomic mass is 15.3. The van der Waals surface area contributed by atoms with Gasteiger partial charge in [-0.05, 0) is 58.3 Å². The maximum atomic E-state index is 4.78. The Morgan fingerprint density at radius 3 is 2.24 bits per heavy atom. The van der Waals surface area contributed by atoms with Gasteiger partial charge in [0, 0.05) is 5.69 Å². The number of hydrogen-bond acceptors (Lipinski definition) is 2. The van der Waals surface area contributed by atoms with Gasteiger partial charge in [0.15, 0.2) is 0 Å². The van der Waals surface area contributed by atoms with Crippen molar-refractivity contribution < 1.29 is 0 Å². The highest BCUT2D eigenvalue weighted by molar-refractivity contribution is 5.28. The number of aryl methyl sites for hydroxylation is 1. The fourth-order valence-corrected chi connectivity index (χ4v) is 3.11. The minimum absolute atomic E-state index is 0.579. The molecule has 0 bridgehead atoms. The Morgan fingerprint density at radius 2 is 1.76 bits per heavy atom. The van der Waals surface area contributed by atoms with Crippen LogP contribution >= 0.6 is 0 Å². The van der Waals surface area contributed by atoms with Gasteiger partial charge < -0.3 is 4.90 Å². The van der Waals surface area contributed by atoms with Crippen molar-refractivity contribution in [2.24, 2.45) is 0 Å². The second-order valence-corrected chi connectivity index (χ2v) is 5.72. The normalized spacial score (nSPS) is 19.2. The maximum Gasteiger partial charge on any atom is 0.0631 e. The van der Waals surface area contributed by atoms with E-state index in [2.05, 4.69) is 44.3 Å². The van der Waals surface area contributed by atoms with Gasteiger partial charge in [0.2, 0.25) is 0 Å². The summed E-state index contributed by atoms with van der Waals surface area (Å²) in [5.74, 6) is 0.579. The lowest BCUT2D eigenvalue weighted by Crippen LogP contribution is -2.32. The highest BCUT2D eigenvalue weighted by Crippen LogP contribution is 2.28. The molecule has 1 aliphatic rings. The molecule has 2 heterocycles. The van der Waals surface area contributed by atoms with Crippen LogP contribution in [0.15, 0.2) is 0 Å². The summed E-state index contributed by atoms with van der Waals surface area (Å²) in [6, 6.07) is 0.609. The summed E-state index contributed by atoms with van der Waals surface area (Å²) in [7, 11) is 2.21. The van der Waals surface area contributed by atoms with Crippen LogP contribution in [0.1, 0.15) is 55.6 Å². The van der Waals surface area contributed by atoms with Gasteiger partial charge in [-0.3, -0.25) is 4.68 Å². The summed E-state index contributed by atoms with van der Waals surface area (Å²) >= 11 is 0. The van der Waals surface area contributed by atoms with Crippen LogP contribution in [-0.4, -0.2) is 34.8 Å². The molecule has 0 atom stereocenters. The molecule has 0 saturated carbocycles. The average molecular weight is 235 g/mol. The van der Waals surface area contributed by atoms with Crippen LogP contribution in [0.25, 0.3) is 0 Å². The topological polar surface area (TPSA) is 21.1 Å². The first kappa shape index (κ1) is 12.6. The van der Waals surface area contributed by atoms with E-state index in [0.717, 1.165) is 0 Å². The fraction of sp³-hybridized carbons (Fsp3) is 0.786. The Bertz CT molecular complexity index is 384.